The summed E-state index contributed by atoms with van der Waals surface area (Å²) in [5.74, 6) is 1.02. The van der Waals surface area contributed by atoms with Gasteiger partial charge in [0.1, 0.15) is 5.76 Å². The molecular formula is C14H13ClN2O2. The average molecular weight is 277 g/mol. The van der Waals surface area contributed by atoms with Gasteiger partial charge in [0, 0.05) is 23.6 Å². The van der Waals surface area contributed by atoms with E-state index in [-0.39, 0.29) is 5.91 Å². The van der Waals surface area contributed by atoms with Gasteiger partial charge < -0.3 is 9.84 Å². The molecule has 0 aliphatic heterocycles. The second kappa shape index (κ2) is 5.05. The molecule has 1 heterocycles. The number of aromatic nitrogens is 1. The maximum Gasteiger partial charge on any atom is 0.273 e. The first-order valence-corrected chi connectivity index (χ1v) is 6.60. The molecule has 1 aromatic carbocycles. The van der Waals surface area contributed by atoms with E-state index in [9.17, 15) is 4.79 Å². The molecule has 19 heavy (non-hydrogen) atoms. The first-order chi connectivity index (χ1) is 9.24. The van der Waals surface area contributed by atoms with Crippen molar-refractivity contribution >= 4 is 17.5 Å². The summed E-state index contributed by atoms with van der Waals surface area (Å²) in [4.78, 5) is 11.9. The summed E-state index contributed by atoms with van der Waals surface area (Å²) in [5, 5.41) is 7.22. The Morgan fingerprint density at radius 2 is 2.21 bits per heavy atom. The number of carbonyl (C=O) groups excluding carboxylic acids is 1. The zero-order valence-electron chi connectivity index (χ0n) is 10.2. The quantitative estimate of drug-likeness (QED) is 0.933. The lowest BCUT2D eigenvalue weighted by Crippen LogP contribution is -2.23. The van der Waals surface area contributed by atoms with Gasteiger partial charge in [0.05, 0.1) is 0 Å². The number of hydrogen-bond acceptors (Lipinski definition) is 3. The molecule has 0 bridgehead atoms. The van der Waals surface area contributed by atoms with E-state index in [2.05, 4.69) is 10.5 Å². The van der Waals surface area contributed by atoms with Gasteiger partial charge in [0.25, 0.3) is 5.91 Å². The Morgan fingerprint density at radius 1 is 1.42 bits per heavy atom. The topological polar surface area (TPSA) is 55.1 Å². The van der Waals surface area contributed by atoms with E-state index >= 15 is 0 Å². The molecule has 4 nitrogen and oxygen atoms in total. The number of carbonyl (C=O) groups is 1. The van der Waals surface area contributed by atoms with Crippen LogP contribution in [0.1, 0.15) is 40.6 Å². The molecule has 1 aromatic heterocycles. The van der Waals surface area contributed by atoms with Gasteiger partial charge in [-0.1, -0.05) is 35.0 Å². The number of halogens is 1. The zero-order chi connectivity index (χ0) is 13.2. The zero-order valence-corrected chi connectivity index (χ0v) is 11.0. The van der Waals surface area contributed by atoms with Crippen LogP contribution in [0.5, 0.6) is 0 Å². The third kappa shape index (κ3) is 2.79. The third-order valence-electron chi connectivity index (χ3n) is 3.14. The van der Waals surface area contributed by atoms with Crippen molar-refractivity contribution in [3.05, 3.63) is 52.4 Å². The summed E-state index contributed by atoms with van der Waals surface area (Å²) in [6.45, 7) is 0.379. The average Bonchev–Trinajstić information content (AvgIpc) is 3.15. The Hall–Kier alpha value is -1.81. The van der Waals surface area contributed by atoms with Gasteiger partial charge in [-0.2, -0.15) is 0 Å². The molecule has 1 fully saturated rings. The van der Waals surface area contributed by atoms with E-state index in [0.717, 1.165) is 24.2 Å². The van der Waals surface area contributed by atoms with Crippen LogP contribution in [-0.4, -0.2) is 11.1 Å². The van der Waals surface area contributed by atoms with E-state index in [1.165, 1.54) is 0 Å². The number of hydrogen-bond donors (Lipinski definition) is 1. The van der Waals surface area contributed by atoms with Crippen molar-refractivity contribution in [1.29, 1.82) is 0 Å². The molecule has 1 saturated carbocycles. The van der Waals surface area contributed by atoms with Gasteiger partial charge in [-0.25, -0.2) is 0 Å². The van der Waals surface area contributed by atoms with Crippen molar-refractivity contribution in [1.82, 2.24) is 10.5 Å². The number of nitrogens with zero attached hydrogens (tertiary/aromatic N) is 1. The summed E-state index contributed by atoms with van der Waals surface area (Å²) in [6, 6.07) is 9.13. The van der Waals surface area contributed by atoms with Gasteiger partial charge >= 0.3 is 0 Å². The Balaban J connectivity index is 1.63. The van der Waals surface area contributed by atoms with Gasteiger partial charge in [-0.3, -0.25) is 4.79 Å². The number of rotatable bonds is 4. The summed E-state index contributed by atoms with van der Waals surface area (Å²) in [7, 11) is 0. The minimum Gasteiger partial charge on any atom is -0.360 e. The molecule has 2 aromatic rings. The molecule has 0 radical (unpaired) electrons. The third-order valence-corrected chi connectivity index (χ3v) is 3.51. The molecule has 0 saturated heterocycles. The smallest absolute Gasteiger partial charge is 0.273 e. The molecule has 1 N–H and O–H groups in total. The maximum atomic E-state index is 11.9. The highest BCUT2D eigenvalue weighted by atomic mass is 35.5. The fraction of sp³-hybridized carbons (Fsp3) is 0.286. The van der Waals surface area contributed by atoms with Crippen molar-refractivity contribution in [2.24, 2.45) is 0 Å². The lowest BCUT2D eigenvalue weighted by molar-refractivity contribution is 0.0942. The Labute approximate surface area is 115 Å². The number of amides is 1. The van der Waals surface area contributed by atoms with Crippen molar-refractivity contribution in [2.75, 3.05) is 0 Å². The van der Waals surface area contributed by atoms with Crippen molar-refractivity contribution < 1.29 is 9.32 Å². The summed E-state index contributed by atoms with van der Waals surface area (Å²) < 4.78 is 5.15. The van der Waals surface area contributed by atoms with Crippen molar-refractivity contribution in [3.8, 4) is 0 Å². The largest absolute Gasteiger partial charge is 0.360 e. The van der Waals surface area contributed by atoms with Crippen LogP contribution in [0, 0.1) is 0 Å². The monoisotopic (exact) mass is 276 g/mol. The SMILES string of the molecule is O=C(NCc1ccccc1Cl)c1cc(C2CC2)on1. The van der Waals surface area contributed by atoms with Crippen LogP contribution in [0.15, 0.2) is 34.9 Å². The number of benzene rings is 1. The van der Waals surface area contributed by atoms with Crippen molar-refractivity contribution in [2.45, 2.75) is 25.3 Å². The van der Waals surface area contributed by atoms with E-state index in [4.69, 9.17) is 16.1 Å². The lowest BCUT2D eigenvalue weighted by atomic mass is 10.2. The van der Waals surface area contributed by atoms with Crippen LogP contribution in [-0.2, 0) is 6.54 Å². The van der Waals surface area contributed by atoms with Crippen LogP contribution in [0.4, 0.5) is 0 Å². The second-order valence-electron chi connectivity index (χ2n) is 4.66. The van der Waals surface area contributed by atoms with Crippen LogP contribution >= 0.6 is 11.6 Å². The first-order valence-electron chi connectivity index (χ1n) is 6.22. The Morgan fingerprint density at radius 3 is 2.95 bits per heavy atom. The summed E-state index contributed by atoms with van der Waals surface area (Å²) >= 11 is 6.02. The standard InChI is InChI=1S/C14H13ClN2O2/c15-11-4-2-1-3-10(11)8-16-14(18)12-7-13(19-17-12)9-5-6-9/h1-4,7,9H,5-6,8H2,(H,16,18). The minimum atomic E-state index is -0.240. The molecule has 98 valence electrons. The van der Waals surface area contributed by atoms with Gasteiger partial charge in [-0.15, -0.1) is 0 Å². The van der Waals surface area contributed by atoms with E-state index < -0.39 is 0 Å². The lowest BCUT2D eigenvalue weighted by Gasteiger charge is -2.04. The van der Waals surface area contributed by atoms with Crippen LogP contribution < -0.4 is 5.32 Å². The molecule has 3 rings (SSSR count). The predicted molar refractivity (Wildman–Crippen MR) is 71.1 cm³/mol. The maximum absolute atomic E-state index is 11.9. The highest BCUT2D eigenvalue weighted by molar-refractivity contribution is 6.31. The molecule has 5 heteroatoms. The fourth-order valence-electron chi connectivity index (χ4n) is 1.86. The molecule has 0 atom stereocenters. The van der Waals surface area contributed by atoms with E-state index in [0.29, 0.717) is 23.2 Å². The first kappa shape index (κ1) is 12.2. The van der Waals surface area contributed by atoms with E-state index in [1.54, 1.807) is 12.1 Å². The fourth-order valence-corrected chi connectivity index (χ4v) is 2.07. The Bertz CT molecular complexity index is 605. The van der Waals surface area contributed by atoms with E-state index in [1.807, 2.05) is 18.2 Å². The molecule has 1 aliphatic rings. The molecule has 1 aliphatic carbocycles. The number of nitrogens with one attached hydrogen (secondary N) is 1. The summed E-state index contributed by atoms with van der Waals surface area (Å²) in [5.41, 5.74) is 1.21. The van der Waals surface area contributed by atoms with Gasteiger partial charge in [0.15, 0.2) is 5.69 Å². The molecule has 0 spiro atoms. The van der Waals surface area contributed by atoms with Gasteiger partial charge in [-0.05, 0) is 24.5 Å². The van der Waals surface area contributed by atoms with Crippen molar-refractivity contribution in [3.63, 3.8) is 0 Å². The van der Waals surface area contributed by atoms with Crippen LogP contribution in [0.25, 0.3) is 0 Å². The molecular weight excluding hydrogens is 264 g/mol. The minimum absolute atomic E-state index is 0.240. The Kier molecular flexibility index (Phi) is 3.25. The molecule has 0 unspecified atom stereocenters. The van der Waals surface area contributed by atoms with Crippen LogP contribution in [0.2, 0.25) is 5.02 Å². The highest BCUT2D eigenvalue weighted by Gasteiger charge is 2.28. The van der Waals surface area contributed by atoms with Crippen LogP contribution in [0.3, 0.4) is 0 Å². The molecule has 1 amide bonds. The second-order valence-corrected chi connectivity index (χ2v) is 5.07. The normalized spacial score (nSPS) is 14.4. The van der Waals surface area contributed by atoms with Gasteiger partial charge in [0.2, 0.25) is 0 Å². The highest BCUT2D eigenvalue weighted by Crippen LogP contribution is 2.40. The summed E-state index contributed by atoms with van der Waals surface area (Å²) in [6.07, 6.45) is 2.24. The predicted octanol–water partition coefficient (Wildman–Crippen LogP) is 3.14.